The third-order valence-corrected chi connectivity index (χ3v) is 3.67. The second-order valence-electron chi connectivity index (χ2n) is 5.38. The SMILES string of the molecule is Cn1ccc(CN2CCCC(NC3CC3)C2=O)n1. The van der Waals surface area contributed by atoms with Gasteiger partial charge in [0.1, 0.15) is 0 Å². The Morgan fingerprint density at radius 1 is 1.44 bits per heavy atom. The van der Waals surface area contributed by atoms with Crippen molar-refractivity contribution in [1.29, 1.82) is 0 Å². The molecular weight excluding hydrogens is 228 g/mol. The second-order valence-corrected chi connectivity index (χ2v) is 5.38. The fourth-order valence-corrected chi connectivity index (χ4v) is 2.53. The molecular formula is C13H20N4O. The Morgan fingerprint density at radius 2 is 2.28 bits per heavy atom. The summed E-state index contributed by atoms with van der Waals surface area (Å²) in [4.78, 5) is 14.3. The second kappa shape index (κ2) is 4.72. The molecule has 0 aromatic carbocycles. The zero-order valence-corrected chi connectivity index (χ0v) is 10.8. The fraction of sp³-hybridized carbons (Fsp3) is 0.692. The van der Waals surface area contributed by atoms with Crippen molar-refractivity contribution in [2.24, 2.45) is 7.05 Å². The van der Waals surface area contributed by atoms with Crippen molar-refractivity contribution in [3.05, 3.63) is 18.0 Å². The van der Waals surface area contributed by atoms with Crippen molar-refractivity contribution < 1.29 is 4.79 Å². The summed E-state index contributed by atoms with van der Waals surface area (Å²) in [5.74, 6) is 0.249. The number of hydrogen-bond donors (Lipinski definition) is 1. The molecule has 1 amide bonds. The van der Waals surface area contributed by atoms with Crippen molar-refractivity contribution in [3.63, 3.8) is 0 Å². The molecule has 1 saturated carbocycles. The van der Waals surface area contributed by atoms with Crippen LogP contribution in [-0.2, 0) is 18.4 Å². The van der Waals surface area contributed by atoms with Crippen molar-refractivity contribution >= 4 is 5.91 Å². The number of nitrogens with zero attached hydrogens (tertiary/aromatic N) is 3. The Bertz CT molecular complexity index is 438. The van der Waals surface area contributed by atoms with Gasteiger partial charge >= 0.3 is 0 Å². The van der Waals surface area contributed by atoms with Crippen LogP contribution in [0.2, 0.25) is 0 Å². The summed E-state index contributed by atoms with van der Waals surface area (Å²) in [6, 6.07) is 2.61. The van der Waals surface area contributed by atoms with Crippen LogP contribution < -0.4 is 5.32 Å². The first kappa shape index (κ1) is 11.7. The first-order valence-corrected chi connectivity index (χ1v) is 6.76. The van der Waals surface area contributed by atoms with E-state index in [1.54, 1.807) is 4.68 Å². The van der Waals surface area contributed by atoms with Gasteiger partial charge in [-0.3, -0.25) is 9.48 Å². The van der Waals surface area contributed by atoms with Crippen molar-refractivity contribution in [2.75, 3.05) is 6.54 Å². The summed E-state index contributed by atoms with van der Waals surface area (Å²) in [6.45, 7) is 1.50. The molecule has 5 heteroatoms. The molecule has 2 aliphatic rings. The molecule has 0 bridgehead atoms. The van der Waals surface area contributed by atoms with E-state index >= 15 is 0 Å². The highest BCUT2D eigenvalue weighted by Gasteiger charge is 2.33. The van der Waals surface area contributed by atoms with E-state index < -0.39 is 0 Å². The minimum Gasteiger partial charge on any atom is -0.335 e. The van der Waals surface area contributed by atoms with Gasteiger partial charge in [-0.25, -0.2) is 0 Å². The van der Waals surface area contributed by atoms with Crippen LogP contribution in [0.25, 0.3) is 0 Å². The summed E-state index contributed by atoms with van der Waals surface area (Å²) in [5.41, 5.74) is 0.970. The van der Waals surface area contributed by atoms with Crippen LogP contribution in [0.15, 0.2) is 12.3 Å². The molecule has 18 heavy (non-hydrogen) atoms. The van der Waals surface area contributed by atoms with Gasteiger partial charge in [0.2, 0.25) is 5.91 Å². The lowest BCUT2D eigenvalue weighted by molar-refractivity contribution is -0.136. The zero-order chi connectivity index (χ0) is 12.5. The molecule has 1 unspecified atom stereocenters. The van der Waals surface area contributed by atoms with E-state index in [1.807, 2.05) is 24.2 Å². The average Bonchev–Trinajstić information content (AvgIpc) is 3.07. The Labute approximate surface area is 107 Å². The third kappa shape index (κ3) is 2.56. The Hall–Kier alpha value is -1.36. The average molecular weight is 248 g/mol. The smallest absolute Gasteiger partial charge is 0.240 e. The lowest BCUT2D eigenvalue weighted by Gasteiger charge is -2.32. The number of hydrogen-bond acceptors (Lipinski definition) is 3. The van der Waals surface area contributed by atoms with E-state index in [0.29, 0.717) is 12.6 Å². The Morgan fingerprint density at radius 3 is 2.94 bits per heavy atom. The van der Waals surface area contributed by atoms with Gasteiger partial charge in [0, 0.05) is 25.8 Å². The predicted molar refractivity (Wildman–Crippen MR) is 67.8 cm³/mol. The van der Waals surface area contributed by atoms with Crippen LogP contribution in [-0.4, -0.2) is 39.2 Å². The van der Waals surface area contributed by atoms with Crippen LogP contribution in [0, 0.1) is 0 Å². The monoisotopic (exact) mass is 248 g/mol. The van der Waals surface area contributed by atoms with Crippen LogP contribution in [0.5, 0.6) is 0 Å². The first-order valence-electron chi connectivity index (χ1n) is 6.76. The molecule has 2 fully saturated rings. The molecule has 1 N–H and O–H groups in total. The summed E-state index contributed by atoms with van der Waals surface area (Å²) in [5, 5.41) is 7.79. The fourth-order valence-electron chi connectivity index (χ4n) is 2.53. The number of nitrogens with one attached hydrogen (secondary N) is 1. The Balaban J connectivity index is 1.62. The topological polar surface area (TPSA) is 50.2 Å². The van der Waals surface area contributed by atoms with E-state index in [2.05, 4.69) is 10.4 Å². The number of likely N-dealkylation sites (tertiary alicyclic amines) is 1. The minimum atomic E-state index is 0.0370. The van der Waals surface area contributed by atoms with E-state index in [4.69, 9.17) is 0 Å². The highest BCUT2D eigenvalue weighted by molar-refractivity contribution is 5.82. The number of carbonyl (C=O) groups excluding carboxylic acids is 1. The standard InChI is InChI=1S/C13H20N4O/c1-16-8-6-11(15-16)9-17-7-2-3-12(13(17)18)14-10-4-5-10/h6,8,10,12,14H,2-5,7,9H2,1H3. The number of aryl methyl sites for hydroxylation is 1. The Kier molecular flexibility index (Phi) is 3.07. The number of piperidine rings is 1. The summed E-state index contributed by atoms with van der Waals surface area (Å²) in [6.07, 6.45) is 6.44. The maximum absolute atomic E-state index is 12.3. The van der Waals surface area contributed by atoms with E-state index in [1.165, 1.54) is 12.8 Å². The summed E-state index contributed by atoms with van der Waals surface area (Å²) in [7, 11) is 1.90. The van der Waals surface area contributed by atoms with Gasteiger partial charge in [-0.2, -0.15) is 5.10 Å². The lowest BCUT2D eigenvalue weighted by atomic mass is 10.0. The lowest BCUT2D eigenvalue weighted by Crippen LogP contribution is -2.50. The quantitative estimate of drug-likeness (QED) is 0.851. The molecule has 1 atom stereocenters. The molecule has 1 aliphatic carbocycles. The number of amides is 1. The van der Waals surface area contributed by atoms with Crippen molar-refractivity contribution in [1.82, 2.24) is 20.0 Å². The van der Waals surface area contributed by atoms with E-state index in [9.17, 15) is 4.79 Å². The maximum atomic E-state index is 12.3. The number of carbonyl (C=O) groups is 1. The minimum absolute atomic E-state index is 0.0370. The van der Waals surface area contributed by atoms with Crippen molar-refractivity contribution in [3.8, 4) is 0 Å². The molecule has 0 spiro atoms. The van der Waals surface area contributed by atoms with Crippen LogP contribution in [0.4, 0.5) is 0 Å². The molecule has 3 rings (SSSR count). The van der Waals surface area contributed by atoms with Gasteiger partial charge in [-0.1, -0.05) is 0 Å². The highest BCUT2D eigenvalue weighted by Crippen LogP contribution is 2.23. The molecule has 1 aromatic heterocycles. The zero-order valence-electron chi connectivity index (χ0n) is 10.8. The molecule has 1 aliphatic heterocycles. The molecule has 1 aromatic rings. The van der Waals surface area contributed by atoms with Crippen LogP contribution in [0.3, 0.4) is 0 Å². The molecule has 5 nitrogen and oxygen atoms in total. The van der Waals surface area contributed by atoms with Crippen LogP contribution >= 0.6 is 0 Å². The van der Waals surface area contributed by atoms with Gasteiger partial charge in [0.15, 0.2) is 0 Å². The molecule has 0 radical (unpaired) electrons. The first-order chi connectivity index (χ1) is 8.72. The molecule has 98 valence electrons. The van der Waals surface area contributed by atoms with E-state index in [0.717, 1.165) is 25.1 Å². The maximum Gasteiger partial charge on any atom is 0.240 e. The van der Waals surface area contributed by atoms with Crippen molar-refractivity contribution in [2.45, 2.75) is 44.3 Å². The van der Waals surface area contributed by atoms with Gasteiger partial charge in [0.25, 0.3) is 0 Å². The molecule has 2 heterocycles. The van der Waals surface area contributed by atoms with Crippen LogP contribution in [0.1, 0.15) is 31.4 Å². The summed E-state index contributed by atoms with van der Waals surface area (Å²) >= 11 is 0. The molecule has 1 saturated heterocycles. The number of rotatable bonds is 4. The summed E-state index contributed by atoms with van der Waals surface area (Å²) < 4.78 is 1.78. The highest BCUT2D eigenvalue weighted by atomic mass is 16.2. The van der Waals surface area contributed by atoms with E-state index in [-0.39, 0.29) is 11.9 Å². The van der Waals surface area contributed by atoms with Gasteiger partial charge in [0.05, 0.1) is 18.3 Å². The largest absolute Gasteiger partial charge is 0.335 e. The normalized spacial score (nSPS) is 24.6. The number of aromatic nitrogens is 2. The van der Waals surface area contributed by atoms with Gasteiger partial charge in [-0.15, -0.1) is 0 Å². The van der Waals surface area contributed by atoms with Gasteiger partial charge < -0.3 is 10.2 Å². The third-order valence-electron chi connectivity index (χ3n) is 3.67. The van der Waals surface area contributed by atoms with Gasteiger partial charge in [-0.05, 0) is 31.7 Å². The predicted octanol–water partition coefficient (Wildman–Crippen LogP) is 0.663.